The van der Waals surface area contributed by atoms with Crippen molar-refractivity contribution in [3.05, 3.63) is 59.9 Å². The molecule has 49 heavy (non-hydrogen) atoms. The third kappa shape index (κ3) is 8.21. The number of piperidine rings is 1. The summed E-state index contributed by atoms with van der Waals surface area (Å²) in [6.45, 7) is 0.520. The zero-order valence-corrected chi connectivity index (χ0v) is 27.3. The number of anilines is 3. The fraction of sp³-hybridized carbons (Fsp3) is 0.429. The van der Waals surface area contributed by atoms with Crippen molar-refractivity contribution < 1.29 is 38.8 Å². The first-order chi connectivity index (χ1) is 23.7. The molecule has 4 unspecified atom stereocenters. The van der Waals surface area contributed by atoms with E-state index in [1.807, 2.05) is 4.90 Å². The highest BCUT2D eigenvalue weighted by Gasteiger charge is 2.33. The van der Waals surface area contributed by atoms with Gasteiger partial charge in [-0.3, -0.25) is 19.4 Å². The Bertz CT molecular complexity index is 1710. The number of nitrogens with two attached hydrogens (primary N) is 1. The number of aliphatic hydroxyl groups is 2. The van der Waals surface area contributed by atoms with Crippen LogP contribution in [0.3, 0.4) is 0 Å². The summed E-state index contributed by atoms with van der Waals surface area (Å²) in [6, 6.07) is 11.6. The predicted molar refractivity (Wildman–Crippen MR) is 182 cm³/mol. The Balaban J connectivity index is 1.10. The molecular formula is C35H42N6O8. The van der Waals surface area contributed by atoms with Gasteiger partial charge in [0.1, 0.15) is 5.69 Å². The molecule has 14 nitrogen and oxygen atoms in total. The Kier molecular flexibility index (Phi) is 10.5. The van der Waals surface area contributed by atoms with Gasteiger partial charge >= 0.3 is 0 Å². The summed E-state index contributed by atoms with van der Waals surface area (Å²) in [6.07, 6.45) is 5.02. The normalized spacial score (nSPS) is 21.7. The van der Waals surface area contributed by atoms with Crippen molar-refractivity contribution in [2.24, 2.45) is 12.0 Å². The van der Waals surface area contributed by atoms with Crippen molar-refractivity contribution in [2.45, 2.75) is 69.5 Å². The number of rotatable bonds is 11. The van der Waals surface area contributed by atoms with Crippen LogP contribution in [0.2, 0.25) is 0 Å². The molecule has 0 aliphatic carbocycles. The fourth-order valence-electron chi connectivity index (χ4n) is 6.26. The molecule has 2 aromatic carbocycles. The van der Waals surface area contributed by atoms with Gasteiger partial charge in [0, 0.05) is 62.7 Å². The van der Waals surface area contributed by atoms with Crippen molar-refractivity contribution >= 4 is 46.7 Å². The molecule has 3 amide bonds. The van der Waals surface area contributed by atoms with Crippen LogP contribution in [0.15, 0.2) is 53.7 Å². The molecule has 3 aromatic rings. The summed E-state index contributed by atoms with van der Waals surface area (Å²) in [5.41, 5.74) is 8.58. The van der Waals surface area contributed by atoms with Crippen LogP contribution < -0.4 is 25.8 Å². The molecule has 2 saturated heterocycles. The maximum Gasteiger partial charge on any atom is 0.272 e. The van der Waals surface area contributed by atoms with Gasteiger partial charge in [0.2, 0.25) is 12.2 Å². The highest BCUT2D eigenvalue weighted by Crippen LogP contribution is 2.39. The van der Waals surface area contributed by atoms with E-state index in [0.29, 0.717) is 52.7 Å². The highest BCUT2D eigenvalue weighted by molar-refractivity contribution is 6.05. The van der Waals surface area contributed by atoms with E-state index < -0.39 is 18.5 Å². The molecular weight excluding hydrogens is 632 g/mol. The fourth-order valence-corrected chi connectivity index (χ4v) is 6.26. The lowest BCUT2D eigenvalue weighted by atomic mass is 10.0. The quantitative estimate of drug-likeness (QED) is 0.149. The van der Waals surface area contributed by atoms with Gasteiger partial charge in [-0.25, -0.2) is 0 Å². The average Bonchev–Trinajstić information content (AvgIpc) is 3.39. The maximum atomic E-state index is 13.6. The van der Waals surface area contributed by atoms with Crippen LogP contribution in [0.4, 0.5) is 22.7 Å². The molecule has 3 aliphatic rings. The second-order valence-electron chi connectivity index (χ2n) is 12.6. The number of nitrogen functional groups attached to an aromatic ring is 1. The van der Waals surface area contributed by atoms with Gasteiger partial charge in [-0.05, 0) is 62.1 Å². The number of nitrogens with zero attached hydrogens (tertiary/aromatic N) is 3. The number of hydrogen-bond donors (Lipinski definition) is 5. The predicted octanol–water partition coefficient (Wildman–Crippen LogP) is 3.61. The van der Waals surface area contributed by atoms with Crippen LogP contribution >= 0.6 is 0 Å². The average molecular weight is 675 g/mol. The SMILES string of the molecule is Cn1cc(NC(=O)CCCOc2cc3c(cc2OC2CC(O)CC(CO)O2)C(=O)N2CCCCC2C=N3)cc1C(=O)Nc1ccc(N)cc1. The zero-order chi connectivity index (χ0) is 34.5. The molecule has 2 fully saturated rings. The minimum Gasteiger partial charge on any atom is -0.490 e. The van der Waals surface area contributed by atoms with Gasteiger partial charge in [-0.2, -0.15) is 0 Å². The first kappa shape index (κ1) is 34.0. The maximum absolute atomic E-state index is 13.6. The summed E-state index contributed by atoms with van der Waals surface area (Å²) in [4.78, 5) is 45.7. The molecule has 4 atom stereocenters. The minimum absolute atomic E-state index is 0.0816. The van der Waals surface area contributed by atoms with Crippen molar-refractivity contribution in [1.82, 2.24) is 9.47 Å². The second kappa shape index (κ2) is 15.1. The molecule has 1 aromatic heterocycles. The van der Waals surface area contributed by atoms with Crippen molar-refractivity contribution in [1.29, 1.82) is 0 Å². The lowest BCUT2D eigenvalue weighted by molar-refractivity contribution is -0.185. The van der Waals surface area contributed by atoms with Crippen LogP contribution in [0.1, 0.15) is 65.8 Å². The summed E-state index contributed by atoms with van der Waals surface area (Å²) in [5.74, 6) is -0.179. The van der Waals surface area contributed by atoms with Gasteiger partial charge in [0.05, 0.1) is 48.4 Å². The molecule has 6 N–H and O–H groups in total. The number of ether oxygens (including phenoxy) is 3. The number of nitrogens with one attached hydrogen (secondary N) is 2. The summed E-state index contributed by atoms with van der Waals surface area (Å²) >= 11 is 0. The second-order valence-corrected chi connectivity index (χ2v) is 12.6. The highest BCUT2D eigenvalue weighted by atomic mass is 16.7. The monoisotopic (exact) mass is 674 g/mol. The summed E-state index contributed by atoms with van der Waals surface area (Å²) in [7, 11) is 1.72. The van der Waals surface area contributed by atoms with Crippen molar-refractivity contribution in [2.75, 3.05) is 36.1 Å². The number of aryl methyl sites for hydroxylation is 1. The van der Waals surface area contributed by atoms with Gasteiger partial charge in [0.25, 0.3) is 11.8 Å². The molecule has 260 valence electrons. The number of aromatic nitrogens is 1. The van der Waals surface area contributed by atoms with E-state index in [-0.39, 0.29) is 62.0 Å². The standard InChI is InChI=1S/C35H42N6O8/c1-40-19-23(13-29(40)34(45)39-22-9-7-21(36)8-10-22)38-32(44)6-4-12-47-30-17-28-27(35(46)41-11-3-2-5-24(41)18-37-28)16-31(30)49-33-15-25(43)14-26(20-42)48-33/h7-10,13,16-19,24-26,33,42-43H,2-6,11-12,14-15,20,36H2,1H3,(H,38,44)(H,39,45). The third-order valence-electron chi connectivity index (χ3n) is 8.79. The third-order valence-corrected chi connectivity index (χ3v) is 8.79. The molecule has 14 heteroatoms. The Morgan fingerprint density at radius 3 is 2.69 bits per heavy atom. The van der Waals surface area contributed by atoms with Crippen molar-refractivity contribution in [3.8, 4) is 11.5 Å². The minimum atomic E-state index is -0.872. The Morgan fingerprint density at radius 2 is 1.90 bits per heavy atom. The van der Waals surface area contributed by atoms with E-state index in [0.717, 1.165) is 19.3 Å². The number of carbonyl (C=O) groups excluding carboxylic acids is 3. The van der Waals surface area contributed by atoms with E-state index in [1.54, 1.807) is 66.5 Å². The van der Waals surface area contributed by atoms with Crippen LogP contribution in [-0.2, 0) is 16.6 Å². The van der Waals surface area contributed by atoms with Crippen LogP contribution in [0, 0.1) is 0 Å². The van der Waals surface area contributed by atoms with E-state index in [9.17, 15) is 24.6 Å². The van der Waals surface area contributed by atoms with Gasteiger partial charge in [0.15, 0.2) is 11.5 Å². The van der Waals surface area contributed by atoms with Crippen molar-refractivity contribution in [3.63, 3.8) is 0 Å². The van der Waals surface area contributed by atoms with E-state index in [4.69, 9.17) is 19.9 Å². The van der Waals surface area contributed by atoms with Crippen LogP contribution in [-0.4, -0.2) is 87.9 Å². The molecule has 3 aliphatic heterocycles. The van der Waals surface area contributed by atoms with Crippen LogP contribution in [0.5, 0.6) is 11.5 Å². The molecule has 0 spiro atoms. The lowest BCUT2D eigenvalue weighted by Crippen LogP contribution is -2.43. The number of aliphatic hydroxyl groups excluding tert-OH is 2. The summed E-state index contributed by atoms with van der Waals surface area (Å²) in [5, 5.41) is 25.6. The molecule has 0 bridgehead atoms. The Morgan fingerprint density at radius 1 is 1.08 bits per heavy atom. The first-order valence-corrected chi connectivity index (χ1v) is 16.6. The van der Waals surface area contributed by atoms with E-state index >= 15 is 0 Å². The van der Waals surface area contributed by atoms with Crippen LogP contribution in [0.25, 0.3) is 0 Å². The largest absolute Gasteiger partial charge is 0.490 e. The zero-order valence-electron chi connectivity index (χ0n) is 27.3. The lowest BCUT2D eigenvalue weighted by Gasteiger charge is -2.33. The number of aliphatic imine (C=N–C) groups is 1. The van der Waals surface area contributed by atoms with Gasteiger partial charge in [-0.1, -0.05) is 0 Å². The van der Waals surface area contributed by atoms with E-state index in [1.165, 1.54) is 0 Å². The number of hydrogen-bond acceptors (Lipinski definition) is 10. The Hall–Kier alpha value is -4.92. The number of fused-ring (bicyclic) bond motifs is 2. The Labute approximate surface area is 283 Å². The van der Waals surface area contributed by atoms with Gasteiger partial charge in [-0.15, -0.1) is 0 Å². The van der Waals surface area contributed by atoms with Gasteiger partial charge < -0.3 is 50.3 Å². The smallest absolute Gasteiger partial charge is 0.272 e. The van der Waals surface area contributed by atoms with E-state index in [2.05, 4.69) is 15.6 Å². The molecule has 6 rings (SSSR count). The number of benzene rings is 2. The molecule has 0 radical (unpaired) electrons. The molecule has 4 heterocycles. The molecule has 0 saturated carbocycles. The first-order valence-electron chi connectivity index (χ1n) is 16.6. The number of carbonyl (C=O) groups is 3. The topological polar surface area (TPSA) is 190 Å². The number of amides is 3. The summed E-state index contributed by atoms with van der Waals surface area (Å²) < 4.78 is 19.7.